The minimum absolute atomic E-state index is 0.0800. The number of hydrogen-bond acceptors (Lipinski definition) is 3. The van der Waals surface area contributed by atoms with E-state index in [1.165, 1.54) is 5.56 Å². The molecular weight excluding hydrogens is 530 g/mol. The molecule has 0 fully saturated rings. The van der Waals surface area contributed by atoms with Crippen molar-refractivity contribution >= 4 is 22.5 Å². The maximum Gasteiger partial charge on any atom is 0.251 e. The molecule has 5 nitrogen and oxygen atoms in total. The summed E-state index contributed by atoms with van der Waals surface area (Å²) >= 11 is 6.36. The molecule has 0 radical (unpaired) electrons. The summed E-state index contributed by atoms with van der Waals surface area (Å²) in [7, 11) is 1.84. The van der Waals surface area contributed by atoms with Gasteiger partial charge in [0.25, 0.3) is 5.56 Å². The zero-order chi connectivity index (χ0) is 28.2. The van der Waals surface area contributed by atoms with Crippen molar-refractivity contribution < 1.29 is 4.74 Å². The quantitative estimate of drug-likeness (QED) is 0.183. The lowest BCUT2D eigenvalue weighted by atomic mass is 9.95. The third kappa shape index (κ3) is 5.81. The van der Waals surface area contributed by atoms with E-state index < -0.39 is 0 Å². The maximum absolute atomic E-state index is 13.4. The van der Waals surface area contributed by atoms with E-state index in [2.05, 4.69) is 47.4 Å². The van der Waals surface area contributed by atoms with E-state index in [1.54, 1.807) is 23.2 Å². The smallest absolute Gasteiger partial charge is 0.251 e. The van der Waals surface area contributed by atoms with E-state index in [4.69, 9.17) is 16.3 Å². The molecule has 0 aliphatic heterocycles. The van der Waals surface area contributed by atoms with Gasteiger partial charge in [-0.05, 0) is 59.4 Å². The first-order chi connectivity index (χ1) is 20.1. The van der Waals surface area contributed by atoms with Crippen LogP contribution in [0.2, 0.25) is 5.02 Å². The molecule has 0 bridgehead atoms. The molecule has 0 amide bonds. The van der Waals surface area contributed by atoms with E-state index in [9.17, 15) is 4.79 Å². The van der Waals surface area contributed by atoms with Crippen molar-refractivity contribution in [1.29, 1.82) is 0 Å². The number of fused-ring (bicyclic) bond motifs is 1. The van der Waals surface area contributed by atoms with Gasteiger partial charge in [-0.2, -0.15) is 0 Å². The lowest BCUT2D eigenvalue weighted by molar-refractivity contribution is 0.182. The van der Waals surface area contributed by atoms with Crippen LogP contribution in [0.15, 0.2) is 127 Å². The summed E-state index contributed by atoms with van der Waals surface area (Å²) in [4.78, 5) is 17.6. The maximum atomic E-state index is 13.4. The number of imidazole rings is 1. The van der Waals surface area contributed by atoms with Gasteiger partial charge < -0.3 is 13.9 Å². The number of nitrogens with zero attached hydrogens (tertiary/aromatic N) is 3. The average molecular weight is 560 g/mol. The van der Waals surface area contributed by atoms with Gasteiger partial charge in [-0.25, -0.2) is 4.98 Å². The molecule has 204 valence electrons. The number of hydrogen-bond donors (Lipinski definition) is 0. The largest absolute Gasteiger partial charge is 0.483 e. The van der Waals surface area contributed by atoms with Gasteiger partial charge in [-0.15, -0.1) is 0 Å². The van der Waals surface area contributed by atoms with Crippen LogP contribution in [0.1, 0.15) is 22.8 Å². The molecule has 0 saturated heterocycles. The van der Waals surface area contributed by atoms with Crippen LogP contribution in [-0.4, -0.2) is 14.1 Å². The molecule has 2 aromatic heterocycles. The molecule has 0 aliphatic carbocycles. The first-order valence-electron chi connectivity index (χ1n) is 13.7. The lowest BCUT2D eigenvalue weighted by Crippen LogP contribution is -2.19. The molecule has 1 atom stereocenters. The number of rotatable bonds is 9. The molecule has 1 unspecified atom stereocenters. The second-order valence-electron chi connectivity index (χ2n) is 10.2. The Hall–Kier alpha value is -4.61. The van der Waals surface area contributed by atoms with Crippen molar-refractivity contribution in [2.75, 3.05) is 0 Å². The Balaban J connectivity index is 1.51. The van der Waals surface area contributed by atoms with E-state index in [1.807, 2.05) is 72.4 Å². The molecule has 41 heavy (non-hydrogen) atoms. The van der Waals surface area contributed by atoms with Gasteiger partial charge in [0.1, 0.15) is 11.9 Å². The number of aryl methyl sites for hydroxylation is 3. The molecule has 0 spiro atoms. The summed E-state index contributed by atoms with van der Waals surface area (Å²) in [6.45, 7) is 0.599. The van der Waals surface area contributed by atoms with E-state index >= 15 is 0 Å². The van der Waals surface area contributed by atoms with Gasteiger partial charge in [0, 0.05) is 41.5 Å². The Labute approximate surface area is 244 Å². The molecule has 0 N–H and O–H groups in total. The standard InChI is InChI=1S/C35H30ClN3O2/c1-38-34(40)22-31(27-13-8-14-28(36)21-27)29-17-18-32(30(35(29)38)16-15-25-9-4-2-5-10-25)41-33(23-39-20-19-37-24-39)26-11-6-3-7-12-26/h2-14,17-22,24,33H,15-16,23H2,1H3. The van der Waals surface area contributed by atoms with E-state index in [-0.39, 0.29) is 11.7 Å². The van der Waals surface area contributed by atoms with Crippen molar-refractivity contribution in [1.82, 2.24) is 14.1 Å². The van der Waals surface area contributed by atoms with Crippen molar-refractivity contribution in [3.63, 3.8) is 0 Å². The SMILES string of the molecule is Cn1c(=O)cc(-c2cccc(Cl)c2)c2ccc(OC(Cn3ccnc3)c3ccccc3)c(CCc3ccccc3)c21. The number of benzene rings is 4. The third-order valence-electron chi connectivity index (χ3n) is 7.48. The fourth-order valence-electron chi connectivity index (χ4n) is 5.41. The monoisotopic (exact) mass is 559 g/mol. The van der Waals surface area contributed by atoms with Crippen LogP contribution >= 0.6 is 11.6 Å². The topological polar surface area (TPSA) is 49.0 Å². The van der Waals surface area contributed by atoms with Crippen LogP contribution in [0.4, 0.5) is 0 Å². The summed E-state index contributed by atoms with van der Waals surface area (Å²) in [5, 5.41) is 1.61. The van der Waals surface area contributed by atoms with Crippen molar-refractivity contribution in [2.45, 2.75) is 25.5 Å². The van der Waals surface area contributed by atoms with E-state index in [0.717, 1.165) is 45.3 Å². The van der Waals surface area contributed by atoms with Crippen LogP contribution in [0.3, 0.4) is 0 Å². The first kappa shape index (κ1) is 26.6. The highest BCUT2D eigenvalue weighted by molar-refractivity contribution is 6.30. The Bertz CT molecular complexity index is 1830. The van der Waals surface area contributed by atoms with Gasteiger partial charge in [0.05, 0.1) is 18.4 Å². The number of halogens is 1. The molecule has 6 heteroatoms. The Morgan fingerprint density at radius 3 is 2.39 bits per heavy atom. The van der Waals surface area contributed by atoms with Crippen LogP contribution in [-0.2, 0) is 26.4 Å². The zero-order valence-electron chi connectivity index (χ0n) is 22.8. The summed E-state index contributed by atoms with van der Waals surface area (Å²) in [5.74, 6) is 0.764. The molecule has 0 saturated carbocycles. The van der Waals surface area contributed by atoms with E-state index in [0.29, 0.717) is 18.0 Å². The summed E-state index contributed by atoms with van der Waals surface area (Å²) in [5.41, 5.74) is 5.85. The summed E-state index contributed by atoms with van der Waals surface area (Å²) < 4.78 is 10.6. The van der Waals surface area contributed by atoms with Crippen LogP contribution in [0.5, 0.6) is 5.75 Å². The summed E-state index contributed by atoms with van der Waals surface area (Å²) in [6, 6.07) is 34.1. The normalized spacial score (nSPS) is 12.0. The Morgan fingerprint density at radius 1 is 0.878 bits per heavy atom. The van der Waals surface area contributed by atoms with Gasteiger partial charge in [0.15, 0.2) is 0 Å². The number of ether oxygens (including phenoxy) is 1. The molecular formula is C35H30ClN3O2. The summed E-state index contributed by atoms with van der Waals surface area (Å²) in [6.07, 6.45) is 6.77. The Morgan fingerprint density at radius 2 is 1.66 bits per heavy atom. The highest BCUT2D eigenvalue weighted by atomic mass is 35.5. The first-order valence-corrected chi connectivity index (χ1v) is 14.1. The number of aromatic nitrogens is 3. The lowest BCUT2D eigenvalue weighted by Gasteiger charge is -2.24. The minimum atomic E-state index is -0.258. The number of pyridine rings is 1. The van der Waals surface area contributed by atoms with Crippen LogP contribution in [0.25, 0.3) is 22.0 Å². The molecule has 6 rings (SSSR count). The van der Waals surface area contributed by atoms with Crippen LogP contribution in [0, 0.1) is 0 Å². The Kier molecular flexibility index (Phi) is 7.70. The van der Waals surface area contributed by atoms with Crippen molar-refractivity contribution in [3.05, 3.63) is 154 Å². The van der Waals surface area contributed by atoms with Gasteiger partial charge in [0.2, 0.25) is 0 Å². The fourth-order valence-corrected chi connectivity index (χ4v) is 5.60. The second kappa shape index (κ2) is 11.9. The molecule has 0 aliphatic rings. The van der Waals surface area contributed by atoms with Gasteiger partial charge in [-0.3, -0.25) is 4.79 Å². The highest BCUT2D eigenvalue weighted by Crippen LogP contribution is 2.37. The molecule has 4 aromatic carbocycles. The fraction of sp³-hybridized carbons (Fsp3) is 0.143. The van der Waals surface area contributed by atoms with Gasteiger partial charge in [-0.1, -0.05) is 84.4 Å². The van der Waals surface area contributed by atoms with Gasteiger partial charge >= 0.3 is 0 Å². The third-order valence-corrected chi connectivity index (χ3v) is 7.72. The predicted molar refractivity (Wildman–Crippen MR) is 166 cm³/mol. The average Bonchev–Trinajstić information content (AvgIpc) is 3.52. The van der Waals surface area contributed by atoms with Crippen molar-refractivity contribution in [3.8, 4) is 16.9 Å². The van der Waals surface area contributed by atoms with Crippen molar-refractivity contribution in [2.24, 2.45) is 7.05 Å². The molecule has 6 aromatic rings. The predicted octanol–water partition coefficient (Wildman–Crippen LogP) is 7.66. The highest BCUT2D eigenvalue weighted by Gasteiger charge is 2.21. The zero-order valence-corrected chi connectivity index (χ0v) is 23.5. The van der Waals surface area contributed by atoms with Crippen LogP contribution < -0.4 is 10.3 Å². The second-order valence-corrected chi connectivity index (χ2v) is 10.6. The molecule has 2 heterocycles. The minimum Gasteiger partial charge on any atom is -0.483 e.